The summed E-state index contributed by atoms with van der Waals surface area (Å²) in [5.74, 6) is -1.06. The van der Waals surface area contributed by atoms with Gasteiger partial charge in [-0.3, -0.25) is 4.31 Å². The first-order valence-electron chi connectivity index (χ1n) is 12.5. The molecule has 0 aromatic heterocycles. The summed E-state index contributed by atoms with van der Waals surface area (Å²) in [4.78, 5) is 11.0. The van der Waals surface area contributed by atoms with Crippen LogP contribution in [0.2, 0.25) is 0 Å². The predicted molar refractivity (Wildman–Crippen MR) is 140 cm³/mol. The van der Waals surface area contributed by atoms with Crippen LogP contribution < -0.4 is 9.04 Å². The van der Waals surface area contributed by atoms with Gasteiger partial charge in [-0.2, -0.15) is 0 Å². The highest BCUT2D eigenvalue weighted by molar-refractivity contribution is 7.92. The van der Waals surface area contributed by atoms with Crippen LogP contribution >= 0.6 is 0 Å². The SMILES string of the molecule is Cc1cc(F)cc(-c2ccc3c(c2)C2(CCCCC2)CN3S(=O)(=O)c2ccc(OCC(=O)O)c(C)c2)c1. The Kier molecular flexibility index (Phi) is 6.48. The highest BCUT2D eigenvalue weighted by Gasteiger charge is 2.47. The van der Waals surface area contributed by atoms with Crippen molar-refractivity contribution in [3.63, 3.8) is 0 Å². The second-order valence-corrected chi connectivity index (χ2v) is 12.1. The lowest BCUT2D eigenvalue weighted by Crippen LogP contribution is -2.38. The number of nitrogens with zero attached hydrogens (tertiary/aromatic N) is 1. The summed E-state index contributed by atoms with van der Waals surface area (Å²) in [7, 11) is -3.89. The summed E-state index contributed by atoms with van der Waals surface area (Å²) in [6.07, 6.45) is 5.00. The zero-order chi connectivity index (χ0) is 26.4. The van der Waals surface area contributed by atoms with E-state index < -0.39 is 22.6 Å². The lowest BCUT2D eigenvalue weighted by atomic mass is 9.70. The van der Waals surface area contributed by atoms with Gasteiger partial charge in [0.1, 0.15) is 11.6 Å². The summed E-state index contributed by atoms with van der Waals surface area (Å²) < 4.78 is 48.8. The maximum absolute atomic E-state index is 14.2. The largest absolute Gasteiger partial charge is 0.482 e. The zero-order valence-electron chi connectivity index (χ0n) is 21.0. The van der Waals surface area contributed by atoms with Crippen LogP contribution in [0.15, 0.2) is 59.5 Å². The van der Waals surface area contributed by atoms with Gasteiger partial charge in [-0.05, 0) is 97.0 Å². The van der Waals surface area contributed by atoms with Crippen molar-refractivity contribution in [1.82, 2.24) is 0 Å². The lowest BCUT2D eigenvalue weighted by Gasteiger charge is -2.34. The number of rotatable bonds is 6. The van der Waals surface area contributed by atoms with E-state index in [-0.39, 0.29) is 16.1 Å². The first kappa shape index (κ1) is 25.3. The summed E-state index contributed by atoms with van der Waals surface area (Å²) in [5.41, 5.74) is 4.43. The second-order valence-electron chi connectivity index (χ2n) is 10.2. The molecule has 194 valence electrons. The summed E-state index contributed by atoms with van der Waals surface area (Å²) in [6, 6.07) is 15.2. The number of ether oxygens (including phenoxy) is 1. The van der Waals surface area contributed by atoms with Crippen molar-refractivity contribution in [2.24, 2.45) is 0 Å². The zero-order valence-corrected chi connectivity index (χ0v) is 21.8. The molecule has 0 atom stereocenters. The third-order valence-corrected chi connectivity index (χ3v) is 9.31. The molecule has 0 radical (unpaired) electrons. The van der Waals surface area contributed by atoms with Crippen LogP contribution in [0.4, 0.5) is 10.1 Å². The Morgan fingerprint density at radius 2 is 1.76 bits per heavy atom. The molecule has 1 spiro atoms. The van der Waals surface area contributed by atoms with E-state index in [1.807, 2.05) is 25.1 Å². The fourth-order valence-electron chi connectivity index (χ4n) is 5.79. The molecule has 0 saturated heterocycles. The molecule has 6 nitrogen and oxygen atoms in total. The van der Waals surface area contributed by atoms with Gasteiger partial charge in [0.2, 0.25) is 0 Å². The minimum atomic E-state index is -3.89. The van der Waals surface area contributed by atoms with Crippen molar-refractivity contribution >= 4 is 21.7 Å². The highest BCUT2D eigenvalue weighted by atomic mass is 32.2. The Labute approximate surface area is 216 Å². The van der Waals surface area contributed by atoms with E-state index in [9.17, 15) is 17.6 Å². The van der Waals surface area contributed by atoms with Crippen molar-refractivity contribution < 1.29 is 27.4 Å². The molecule has 3 aromatic rings. The molecule has 5 rings (SSSR count). The Morgan fingerprint density at radius 3 is 2.43 bits per heavy atom. The molecular weight excluding hydrogens is 493 g/mol. The number of anilines is 1. The van der Waals surface area contributed by atoms with E-state index >= 15 is 0 Å². The molecule has 8 heteroatoms. The van der Waals surface area contributed by atoms with E-state index in [4.69, 9.17) is 9.84 Å². The normalized spacial score (nSPS) is 16.6. The van der Waals surface area contributed by atoms with E-state index in [2.05, 4.69) is 6.07 Å². The number of fused-ring (bicyclic) bond motifs is 2. The van der Waals surface area contributed by atoms with Crippen LogP contribution in [0.3, 0.4) is 0 Å². The molecule has 1 heterocycles. The smallest absolute Gasteiger partial charge is 0.341 e. The third kappa shape index (κ3) is 4.70. The predicted octanol–water partition coefficient (Wildman–Crippen LogP) is 5.98. The molecule has 1 fully saturated rings. The average Bonchev–Trinajstić information content (AvgIpc) is 3.16. The number of aryl methyl sites for hydroxylation is 2. The molecule has 1 aliphatic heterocycles. The number of carboxylic acids is 1. The number of carboxylic acid groups (broad SMARTS) is 1. The number of benzene rings is 3. The number of halogens is 1. The number of hydrogen-bond donors (Lipinski definition) is 1. The molecule has 1 saturated carbocycles. The maximum atomic E-state index is 14.2. The van der Waals surface area contributed by atoms with Crippen LogP contribution in [0.5, 0.6) is 5.75 Å². The van der Waals surface area contributed by atoms with Crippen molar-refractivity contribution in [3.8, 4) is 16.9 Å². The van der Waals surface area contributed by atoms with E-state index in [1.54, 1.807) is 6.92 Å². The van der Waals surface area contributed by atoms with Crippen LogP contribution in [0.1, 0.15) is 48.8 Å². The monoisotopic (exact) mass is 523 g/mol. The topological polar surface area (TPSA) is 83.9 Å². The Hall–Kier alpha value is -3.39. The summed E-state index contributed by atoms with van der Waals surface area (Å²) >= 11 is 0. The number of aliphatic carboxylic acids is 1. The number of carbonyl (C=O) groups is 1. The standard InChI is InChI=1S/C29H30FNO5S/c1-19-12-22(15-23(30)13-19)21-6-8-26-25(16-21)29(10-4-3-5-11-29)18-31(26)37(34,35)24-7-9-27(20(2)14-24)36-17-28(32)33/h6-9,12-16H,3-5,10-11,17-18H2,1-2H3,(H,32,33). The van der Waals surface area contributed by atoms with Gasteiger partial charge in [0.05, 0.1) is 10.6 Å². The fourth-order valence-corrected chi connectivity index (χ4v) is 7.44. The van der Waals surface area contributed by atoms with Gasteiger partial charge in [0, 0.05) is 12.0 Å². The number of hydrogen-bond acceptors (Lipinski definition) is 4. The number of sulfonamides is 1. The fraction of sp³-hybridized carbons (Fsp3) is 0.345. The van der Waals surface area contributed by atoms with E-state index in [1.165, 1.54) is 34.6 Å². The van der Waals surface area contributed by atoms with Gasteiger partial charge in [-0.15, -0.1) is 0 Å². The van der Waals surface area contributed by atoms with Gasteiger partial charge in [0.15, 0.2) is 6.61 Å². The lowest BCUT2D eigenvalue weighted by molar-refractivity contribution is -0.139. The third-order valence-electron chi connectivity index (χ3n) is 7.55. The first-order valence-corrected chi connectivity index (χ1v) is 13.9. The maximum Gasteiger partial charge on any atom is 0.341 e. The second kappa shape index (κ2) is 9.49. The highest BCUT2D eigenvalue weighted by Crippen LogP contribution is 2.51. The van der Waals surface area contributed by atoms with Crippen LogP contribution in [0.25, 0.3) is 11.1 Å². The van der Waals surface area contributed by atoms with Gasteiger partial charge in [-0.1, -0.05) is 31.4 Å². The van der Waals surface area contributed by atoms with E-state index in [0.717, 1.165) is 54.4 Å². The van der Waals surface area contributed by atoms with Crippen molar-refractivity contribution in [2.75, 3.05) is 17.5 Å². The minimum Gasteiger partial charge on any atom is -0.482 e. The van der Waals surface area contributed by atoms with Gasteiger partial charge in [0.25, 0.3) is 10.0 Å². The van der Waals surface area contributed by atoms with Crippen molar-refractivity contribution in [3.05, 3.63) is 77.1 Å². The Bertz CT molecular complexity index is 1460. The van der Waals surface area contributed by atoms with Gasteiger partial charge < -0.3 is 9.84 Å². The molecule has 0 unspecified atom stereocenters. The Balaban J connectivity index is 1.56. The molecule has 37 heavy (non-hydrogen) atoms. The van der Waals surface area contributed by atoms with Crippen molar-refractivity contribution in [2.45, 2.75) is 56.3 Å². The molecule has 2 aliphatic rings. The molecule has 3 aromatic carbocycles. The van der Waals surface area contributed by atoms with Crippen molar-refractivity contribution in [1.29, 1.82) is 0 Å². The first-order chi connectivity index (χ1) is 17.6. The van der Waals surface area contributed by atoms with Crippen LogP contribution in [-0.2, 0) is 20.2 Å². The van der Waals surface area contributed by atoms with Gasteiger partial charge >= 0.3 is 5.97 Å². The molecule has 1 aliphatic carbocycles. The van der Waals surface area contributed by atoms with E-state index in [0.29, 0.717) is 23.5 Å². The quantitative estimate of drug-likeness (QED) is 0.430. The summed E-state index contributed by atoms with van der Waals surface area (Å²) in [6.45, 7) is 3.43. The van der Waals surface area contributed by atoms with Gasteiger partial charge in [-0.25, -0.2) is 17.6 Å². The molecule has 1 N–H and O–H groups in total. The summed E-state index contributed by atoms with van der Waals surface area (Å²) in [5, 5.41) is 8.88. The minimum absolute atomic E-state index is 0.135. The Morgan fingerprint density at radius 1 is 1.00 bits per heavy atom. The van der Waals surface area contributed by atoms with Crippen LogP contribution in [-0.4, -0.2) is 32.6 Å². The molecule has 0 amide bonds. The molecular formula is C29H30FNO5S. The van der Waals surface area contributed by atoms with Crippen LogP contribution in [0, 0.1) is 19.7 Å². The average molecular weight is 524 g/mol. The molecule has 0 bridgehead atoms.